The van der Waals surface area contributed by atoms with Crippen molar-refractivity contribution in [2.24, 2.45) is 5.41 Å². The van der Waals surface area contributed by atoms with E-state index in [0.29, 0.717) is 6.04 Å². The van der Waals surface area contributed by atoms with Crippen molar-refractivity contribution in [1.29, 1.82) is 0 Å². The Hall–Kier alpha value is -0.860. The Morgan fingerprint density at radius 2 is 1.89 bits per heavy atom. The first kappa shape index (κ1) is 14.5. The first-order valence-corrected chi connectivity index (χ1v) is 7.54. The van der Waals surface area contributed by atoms with E-state index in [0.717, 1.165) is 12.6 Å². The van der Waals surface area contributed by atoms with Gasteiger partial charge in [0.25, 0.3) is 0 Å². The van der Waals surface area contributed by atoms with Gasteiger partial charge >= 0.3 is 0 Å². The normalized spacial score (nSPS) is 17.7. The summed E-state index contributed by atoms with van der Waals surface area (Å²) in [6, 6.07) is 12.1. The second-order valence-corrected chi connectivity index (χ2v) is 6.42. The zero-order chi connectivity index (χ0) is 13.9. The minimum absolute atomic E-state index is 0.231. The number of nitrogens with one attached hydrogen (secondary N) is 1. The highest BCUT2D eigenvalue weighted by molar-refractivity contribution is 5.21. The van der Waals surface area contributed by atoms with Crippen LogP contribution in [0.5, 0.6) is 0 Å². The summed E-state index contributed by atoms with van der Waals surface area (Å²) in [6.45, 7) is 9.37. The van der Waals surface area contributed by atoms with E-state index in [9.17, 15) is 0 Å². The average Bonchev–Trinajstić information content (AvgIpc) is 3.22. The zero-order valence-electron chi connectivity index (χ0n) is 12.8. The number of nitrogens with zero attached hydrogens (tertiary/aromatic N) is 1. The van der Waals surface area contributed by atoms with E-state index in [1.165, 1.54) is 24.9 Å². The first-order chi connectivity index (χ1) is 9.08. The lowest BCUT2D eigenvalue weighted by Crippen LogP contribution is -2.42. The SMILES string of the molecule is CCN(CC(C)(C)C(NC)c1ccccc1)C1CC1. The minimum atomic E-state index is 0.231. The van der Waals surface area contributed by atoms with Gasteiger partial charge in [-0.1, -0.05) is 51.1 Å². The molecule has 0 bridgehead atoms. The summed E-state index contributed by atoms with van der Waals surface area (Å²) in [5.41, 5.74) is 1.62. The Bertz CT molecular complexity index is 382. The molecule has 2 nitrogen and oxygen atoms in total. The fourth-order valence-electron chi connectivity index (χ4n) is 3.21. The molecule has 0 radical (unpaired) electrons. The van der Waals surface area contributed by atoms with Gasteiger partial charge in [-0.05, 0) is 37.4 Å². The fourth-order valence-corrected chi connectivity index (χ4v) is 3.21. The molecule has 0 spiro atoms. The molecule has 1 unspecified atom stereocenters. The third-order valence-electron chi connectivity index (χ3n) is 4.28. The lowest BCUT2D eigenvalue weighted by Gasteiger charge is -2.39. The summed E-state index contributed by atoms with van der Waals surface area (Å²) in [4.78, 5) is 2.65. The fraction of sp³-hybridized carbons (Fsp3) is 0.647. The van der Waals surface area contributed by atoms with Crippen molar-refractivity contribution < 1.29 is 0 Å². The maximum Gasteiger partial charge on any atom is 0.0381 e. The molecule has 1 atom stereocenters. The predicted molar refractivity (Wildman–Crippen MR) is 82.3 cm³/mol. The molecule has 0 aliphatic heterocycles. The van der Waals surface area contributed by atoms with Crippen molar-refractivity contribution >= 4 is 0 Å². The summed E-state index contributed by atoms with van der Waals surface area (Å²) in [7, 11) is 2.08. The zero-order valence-corrected chi connectivity index (χ0v) is 12.8. The molecule has 1 aromatic carbocycles. The Balaban J connectivity index is 2.11. The van der Waals surface area contributed by atoms with Gasteiger partial charge in [0.15, 0.2) is 0 Å². The standard InChI is InChI=1S/C17H28N2/c1-5-19(15-11-12-15)13-17(2,3)16(18-4)14-9-7-6-8-10-14/h6-10,15-16,18H,5,11-13H2,1-4H3. The molecule has 1 fully saturated rings. The topological polar surface area (TPSA) is 15.3 Å². The van der Waals surface area contributed by atoms with Crippen LogP contribution in [0.4, 0.5) is 0 Å². The van der Waals surface area contributed by atoms with Crippen LogP contribution in [0.15, 0.2) is 30.3 Å². The van der Waals surface area contributed by atoms with Gasteiger partial charge in [0.2, 0.25) is 0 Å². The predicted octanol–water partition coefficient (Wildman–Crippen LogP) is 3.46. The van der Waals surface area contributed by atoms with E-state index in [1.54, 1.807) is 0 Å². The third kappa shape index (κ3) is 3.58. The van der Waals surface area contributed by atoms with Crippen LogP contribution in [0.2, 0.25) is 0 Å². The molecule has 2 heteroatoms. The van der Waals surface area contributed by atoms with Crippen LogP contribution in [0.1, 0.15) is 45.2 Å². The van der Waals surface area contributed by atoms with Crippen molar-refractivity contribution in [3.05, 3.63) is 35.9 Å². The molecule has 19 heavy (non-hydrogen) atoms. The smallest absolute Gasteiger partial charge is 0.0381 e. The average molecular weight is 260 g/mol. The van der Waals surface area contributed by atoms with Crippen LogP contribution >= 0.6 is 0 Å². The van der Waals surface area contributed by atoms with Crippen LogP contribution < -0.4 is 5.32 Å². The molecule has 106 valence electrons. The van der Waals surface area contributed by atoms with Gasteiger partial charge in [-0.3, -0.25) is 0 Å². The van der Waals surface area contributed by atoms with Crippen LogP contribution in [-0.2, 0) is 0 Å². The van der Waals surface area contributed by atoms with Crippen molar-refractivity contribution in [1.82, 2.24) is 10.2 Å². The van der Waals surface area contributed by atoms with E-state index in [-0.39, 0.29) is 5.41 Å². The summed E-state index contributed by atoms with van der Waals surface area (Å²) < 4.78 is 0. The number of hydrogen-bond donors (Lipinski definition) is 1. The highest BCUT2D eigenvalue weighted by Crippen LogP contribution is 2.37. The molecule has 0 aromatic heterocycles. The molecular weight excluding hydrogens is 232 g/mol. The molecule has 0 saturated heterocycles. The van der Waals surface area contributed by atoms with Crippen LogP contribution in [-0.4, -0.2) is 31.1 Å². The van der Waals surface area contributed by atoms with Gasteiger partial charge < -0.3 is 10.2 Å². The Labute approximate surface area is 118 Å². The highest BCUT2D eigenvalue weighted by atomic mass is 15.2. The first-order valence-electron chi connectivity index (χ1n) is 7.54. The third-order valence-corrected chi connectivity index (χ3v) is 4.28. The van der Waals surface area contributed by atoms with Crippen molar-refractivity contribution in [3.63, 3.8) is 0 Å². The quantitative estimate of drug-likeness (QED) is 0.807. The van der Waals surface area contributed by atoms with E-state index >= 15 is 0 Å². The lowest BCUT2D eigenvalue weighted by molar-refractivity contribution is 0.138. The van der Waals surface area contributed by atoms with Gasteiger partial charge in [0.05, 0.1) is 0 Å². The number of hydrogen-bond acceptors (Lipinski definition) is 2. The highest BCUT2D eigenvalue weighted by Gasteiger charge is 2.36. The summed E-state index contributed by atoms with van der Waals surface area (Å²) in [5.74, 6) is 0. The number of benzene rings is 1. The molecule has 1 aliphatic rings. The van der Waals surface area contributed by atoms with E-state index in [1.807, 2.05) is 0 Å². The van der Waals surface area contributed by atoms with E-state index < -0.39 is 0 Å². The van der Waals surface area contributed by atoms with Crippen LogP contribution in [0.3, 0.4) is 0 Å². The summed E-state index contributed by atoms with van der Waals surface area (Å²) >= 11 is 0. The molecule has 2 rings (SSSR count). The molecular formula is C17H28N2. The monoisotopic (exact) mass is 260 g/mol. The Morgan fingerprint density at radius 1 is 1.26 bits per heavy atom. The van der Waals surface area contributed by atoms with E-state index in [2.05, 4.69) is 68.4 Å². The molecule has 0 heterocycles. The van der Waals surface area contributed by atoms with Crippen molar-refractivity contribution in [2.45, 2.75) is 45.7 Å². The second kappa shape index (κ2) is 6.06. The van der Waals surface area contributed by atoms with E-state index in [4.69, 9.17) is 0 Å². The largest absolute Gasteiger partial charge is 0.313 e. The molecule has 1 aliphatic carbocycles. The second-order valence-electron chi connectivity index (χ2n) is 6.42. The summed E-state index contributed by atoms with van der Waals surface area (Å²) in [6.07, 6.45) is 2.78. The van der Waals surface area contributed by atoms with Crippen molar-refractivity contribution in [3.8, 4) is 0 Å². The molecule has 1 aromatic rings. The van der Waals surface area contributed by atoms with Crippen LogP contribution in [0, 0.1) is 5.41 Å². The van der Waals surface area contributed by atoms with Gasteiger partial charge in [0.1, 0.15) is 0 Å². The van der Waals surface area contributed by atoms with Crippen LogP contribution in [0.25, 0.3) is 0 Å². The van der Waals surface area contributed by atoms with Gasteiger partial charge in [-0.15, -0.1) is 0 Å². The molecule has 1 N–H and O–H groups in total. The maximum absolute atomic E-state index is 3.52. The van der Waals surface area contributed by atoms with Gasteiger partial charge in [0, 0.05) is 18.6 Å². The molecule has 1 saturated carbocycles. The number of rotatable bonds is 7. The van der Waals surface area contributed by atoms with Gasteiger partial charge in [-0.2, -0.15) is 0 Å². The minimum Gasteiger partial charge on any atom is -0.313 e. The summed E-state index contributed by atoms with van der Waals surface area (Å²) in [5, 5.41) is 3.52. The van der Waals surface area contributed by atoms with Crippen molar-refractivity contribution in [2.75, 3.05) is 20.1 Å². The lowest BCUT2D eigenvalue weighted by atomic mass is 9.80. The molecule has 0 amide bonds. The van der Waals surface area contributed by atoms with Gasteiger partial charge in [-0.25, -0.2) is 0 Å². The Morgan fingerprint density at radius 3 is 2.37 bits per heavy atom. The maximum atomic E-state index is 3.52. The Kier molecular flexibility index (Phi) is 4.64.